The summed E-state index contributed by atoms with van der Waals surface area (Å²) in [7, 11) is 0. The van der Waals surface area contributed by atoms with E-state index < -0.39 is 0 Å². The molecule has 2 nitrogen and oxygen atoms in total. The molecule has 0 unspecified atom stereocenters. The minimum absolute atomic E-state index is 0.0375. The van der Waals surface area contributed by atoms with E-state index in [-0.39, 0.29) is 17.1 Å². The summed E-state index contributed by atoms with van der Waals surface area (Å²) in [5.74, 6) is 0.345. The van der Waals surface area contributed by atoms with E-state index in [4.69, 9.17) is 0 Å². The third kappa shape index (κ3) is 3.06. The normalized spacial score (nSPS) is 18.6. The lowest BCUT2D eigenvalue weighted by molar-refractivity contribution is -0.133. The molecule has 0 spiro atoms. The second kappa shape index (κ2) is 5.74. The molecule has 1 aliphatic carbocycles. The molecule has 1 aromatic carbocycles. The molecule has 1 saturated carbocycles. The molecule has 2 rings (SSSR count). The number of allylic oxidation sites excluding steroid dienone is 1. The first-order valence-corrected chi connectivity index (χ1v) is 7.25. The lowest BCUT2D eigenvalue weighted by atomic mass is 9.64. The van der Waals surface area contributed by atoms with Crippen molar-refractivity contribution >= 4 is 17.6 Å². The third-order valence-electron chi connectivity index (χ3n) is 4.39. The molecule has 106 valence electrons. The van der Waals surface area contributed by atoms with Crippen molar-refractivity contribution in [1.29, 1.82) is 0 Å². The second-order valence-electron chi connectivity index (χ2n) is 6.11. The van der Waals surface area contributed by atoms with Crippen molar-refractivity contribution in [3.8, 4) is 0 Å². The summed E-state index contributed by atoms with van der Waals surface area (Å²) >= 11 is 0. The van der Waals surface area contributed by atoms with Gasteiger partial charge in [-0.1, -0.05) is 50.6 Å². The maximum Gasteiger partial charge on any atom is 0.152 e. The highest BCUT2D eigenvalue weighted by Gasteiger charge is 2.41. The first-order chi connectivity index (χ1) is 9.42. The average Bonchev–Trinajstić information content (AvgIpc) is 2.41. The van der Waals surface area contributed by atoms with Crippen LogP contribution in [0, 0.1) is 5.41 Å². The van der Waals surface area contributed by atoms with E-state index in [1.807, 2.05) is 31.2 Å². The fourth-order valence-corrected chi connectivity index (χ4v) is 2.74. The number of hydrogen-bond acceptors (Lipinski definition) is 2. The molecule has 1 fully saturated rings. The molecule has 0 bridgehead atoms. The van der Waals surface area contributed by atoms with Crippen LogP contribution in [0.5, 0.6) is 0 Å². The van der Waals surface area contributed by atoms with Gasteiger partial charge < -0.3 is 0 Å². The number of ketones is 2. The molecular formula is C18H22O2. The summed E-state index contributed by atoms with van der Waals surface area (Å²) in [6.07, 6.45) is 6.57. The zero-order valence-corrected chi connectivity index (χ0v) is 12.5. The van der Waals surface area contributed by atoms with Gasteiger partial charge in [-0.2, -0.15) is 0 Å². The van der Waals surface area contributed by atoms with Crippen LogP contribution in [0.3, 0.4) is 0 Å². The van der Waals surface area contributed by atoms with Crippen LogP contribution in [0.4, 0.5) is 0 Å². The summed E-state index contributed by atoms with van der Waals surface area (Å²) in [5.41, 5.74) is 1.94. The van der Waals surface area contributed by atoms with Crippen LogP contribution in [0.15, 0.2) is 30.3 Å². The molecule has 1 atom stereocenters. The van der Waals surface area contributed by atoms with Crippen molar-refractivity contribution in [3.63, 3.8) is 0 Å². The van der Waals surface area contributed by atoms with Crippen LogP contribution in [0.1, 0.15) is 57.1 Å². The van der Waals surface area contributed by atoms with Crippen molar-refractivity contribution < 1.29 is 9.59 Å². The Morgan fingerprint density at radius 3 is 2.25 bits per heavy atom. The number of carbonyl (C=O) groups excluding carboxylic acids is 2. The van der Waals surface area contributed by atoms with Crippen molar-refractivity contribution in [2.24, 2.45) is 5.41 Å². The monoisotopic (exact) mass is 270 g/mol. The molecule has 0 amide bonds. The van der Waals surface area contributed by atoms with Gasteiger partial charge in [0, 0.05) is 11.3 Å². The van der Waals surface area contributed by atoms with Crippen molar-refractivity contribution in [2.75, 3.05) is 0 Å². The molecule has 0 saturated heterocycles. The van der Waals surface area contributed by atoms with Gasteiger partial charge in [0.05, 0.1) is 0 Å². The smallest absolute Gasteiger partial charge is 0.152 e. The van der Waals surface area contributed by atoms with Gasteiger partial charge in [-0.25, -0.2) is 0 Å². The average molecular weight is 270 g/mol. The Labute approximate surface area is 120 Å². The molecule has 0 heterocycles. The van der Waals surface area contributed by atoms with Crippen LogP contribution >= 0.6 is 0 Å². The Kier molecular flexibility index (Phi) is 4.22. The Balaban J connectivity index is 2.09. The molecule has 0 N–H and O–H groups in total. The Morgan fingerprint density at radius 2 is 1.80 bits per heavy atom. The Bertz CT molecular complexity index is 533. The lowest BCUT2D eigenvalue weighted by Crippen LogP contribution is -2.37. The van der Waals surface area contributed by atoms with E-state index in [0.717, 1.165) is 24.0 Å². The zero-order chi connectivity index (χ0) is 14.8. The third-order valence-corrected chi connectivity index (χ3v) is 4.39. The molecule has 2 heteroatoms. The fourth-order valence-electron chi connectivity index (χ4n) is 2.74. The minimum atomic E-state index is -0.105. The van der Waals surface area contributed by atoms with Gasteiger partial charge in [0.1, 0.15) is 5.78 Å². The molecule has 0 aliphatic heterocycles. The first kappa shape index (κ1) is 14.7. The van der Waals surface area contributed by atoms with Gasteiger partial charge in [0.15, 0.2) is 5.78 Å². The molecule has 0 aromatic heterocycles. The van der Waals surface area contributed by atoms with Gasteiger partial charge in [-0.3, -0.25) is 9.59 Å². The van der Waals surface area contributed by atoms with Crippen LogP contribution in [0.25, 0.3) is 6.08 Å². The predicted molar refractivity (Wildman–Crippen MR) is 81.5 cm³/mol. The first-order valence-electron chi connectivity index (χ1n) is 7.25. The van der Waals surface area contributed by atoms with Gasteiger partial charge >= 0.3 is 0 Å². The summed E-state index contributed by atoms with van der Waals surface area (Å²) in [6.45, 7) is 5.61. The molecule has 0 radical (unpaired) electrons. The summed E-state index contributed by atoms with van der Waals surface area (Å²) < 4.78 is 0. The number of benzene rings is 1. The van der Waals surface area contributed by atoms with Crippen molar-refractivity contribution in [3.05, 3.63) is 41.5 Å². The summed E-state index contributed by atoms with van der Waals surface area (Å²) in [4.78, 5) is 23.4. The highest BCUT2D eigenvalue weighted by atomic mass is 16.1. The predicted octanol–water partition coefficient (Wildman–Crippen LogP) is 4.15. The van der Waals surface area contributed by atoms with Gasteiger partial charge in [0.2, 0.25) is 0 Å². The quantitative estimate of drug-likeness (QED) is 0.753. The number of hydrogen-bond donors (Lipinski definition) is 0. The summed E-state index contributed by atoms with van der Waals surface area (Å²) in [6, 6.07) is 7.90. The molecule has 1 aliphatic rings. The SMILES string of the molecule is CC(=O)/C=C/c1ccc([C@@H](C)C(=O)C2(C)CCC2)cc1. The van der Waals surface area contributed by atoms with Crippen molar-refractivity contribution in [1.82, 2.24) is 0 Å². The van der Waals surface area contributed by atoms with Crippen LogP contribution in [-0.4, -0.2) is 11.6 Å². The van der Waals surface area contributed by atoms with Gasteiger partial charge in [-0.05, 0) is 37.0 Å². The fraction of sp³-hybridized carbons (Fsp3) is 0.444. The van der Waals surface area contributed by atoms with E-state index >= 15 is 0 Å². The van der Waals surface area contributed by atoms with E-state index in [1.165, 1.54) is 13.3 Å². The van der Waals surface area contributed by atoms with E-state index in [1.54, 1.807) is 12.2 Å². The number of Topliss-reactive ketones (excluding diaryl/α,β-unsaturated/α-hetero) is 1. The zero-order valence-electron chi connectivity index (χ0n) is 12.5. The van der Waals surface area contributed by atoms with Gasteiger partial charge in [0.25, 0.3) is 0 Å². The highest BCUT2D eigenvalue weighted by Crippen LogP contribution is 2.44. The molecule has 1 aromatic rings. The highest BCUT2D eigenvalue weighted by molar-refractivity contribution is 5.92. The van der Waals surface area contributed by atoms with Crippen molar-refractivity contribution in [2.45, 2.75) is 46.0 Å². The van der Waals surface area contributed by atoms with Gasteiger partial charge in [-0.15, -0.1) is 0 Å². The summed E-state index contributed by atoms with van der Waals surface area (Å²) in [5, 5.41) is 0. The Morgan fingerprint density at radius 1 is 1.20 bits per heavy atom. The minimum Gasteiger partial charge on any atom is -0.298 e. The van der Waals surface area contributed by atoms with Crippen LogP contribution < -0.4 is 0 Å². The standard InChI is InChI=1S/C18H22O2/c1-13(19)5-6-15-7-9-16(10-8-15)14(2)17(20)18(3)11-4-12-18/h5-10,14H,4,11-12H2,1-3H3/b6-5+/t14-/m1/s1. The van der Waals surface area contributed by atoms with E-state index in [9.17, 15) is 9.59 Å². The largest absolute Gasteiger partial charge is 0.298 e. The maximum absolute atomic E-state index is 12.5. The number of carbonyl (C=O) groups is 2. The van der Waals surface area contributed by atoms with E-state index in [2.05, 4.69) is 6.92 Å². The van der Waals surface area contributed by atoms with E-state index in [0.29, 0.717) is 5.78 Å². The van der Waals surface area contributed by atoms with Crippen LogP contribution in [0.2, 0.25) is 0 Å². The number of rotatable bonds is 5. The van der Waals surface area contributed by atoms with Crippen LogP contribution in [-0.2, 0) is 9.59 Å². The molecule has 20 heavy (non-hydrogen) atoms. The topological polar surface area (TPSA) is 34.1 Å². The molecular weight excluding hydrogens is 248 g/mol. The second-order valence-corrected chi connectivity index (χ2v) is 6.11. The lowest BCUT2D eigenvalue weighted by Gasteiger charge is -2.38. The maximum atomic E-state index is 12.5. The Hall–Kier alpha value is -1.70.